The number of aliphatic hydroxyl groups is 1. The van der Waals surface area contributed by atoms with Crippen LogP contribution >= 0.6 is 0 Å². The molecule has 1 aromatic rings. The highest BCUT2D eigenvalue weighted by Crippen LogP contribution is 2.18. The van der Waals surface area contributed by atoms with Gasteiger partial charge in [0, 0.05) is 20.1 Å². The molecule has 1 atom stereocenters. The normalized spacial score (nSPS) is 12.5. The quantitative estimate of drug-likeness (QED) is 0.731. The summed E-state index contributed by atoms with van der Waals surface area (Å²) < 4.78 is 10.4. The maximum absolute atomic E-state index is 9.38. The predicted molar refractivity (Wildman–Crippen MR) is 59.1 cm³/mol. The molecule has 0 aliphatic rings. The van der Waals surface area contributed by atoms with Crippen molar-refractivity contribution in [3.8, 4) is 5.75 Å². The molecule has 84 valence electrons. The fourth-order valence-electron chi connectivity index (χ4n) is 1.26. The van der Waals surface area contributed by atoms with Crippen LogP contribution in [0.5, 0.6) is 5.75 Å². The van der Waals surface area contributed by atoms with Gasteiger partial charge in [-0.15, -0.1) is 0 Å². The number of aliphatic hydroxyl groups excluding tert-OH is 1. The second-order valence-corrected chi connectivity index (χ2v) is 3.44. The van der Waals surface area contributed by atoms with E-state index in [4.69, 9.17) is 9.47 Å². The first-order chi connectivity index (χ1) is 7.24. The van der Waals surface area contributed by atoms with Crippen LogP contribution in [0.2, 0.25) is 0 Å². The van der Waals surface area contributed by atoms with Gasteiger partial charge in [-0.1, -0.05) is 12.1 Å². The van der Waals surface area contributed by atoms with Crippen molar-refractivity contribution in [2.24, 2.45) is 0 Å². The summed E-state index contributed by atoms with van der Waals surface area (Å²) in [5.41, 5.74) is 0.874. The van der Waals surface area contributed by atoms with Gasteiger partial charge in [0.15, 0.2) is 0 Å². The fourth-order valence-corrected chi connectivity index (χ4v) is 1.26. The van der Waals surface area contributed by atoms with Crippen LogP contribution in [0.4, 0.5) is 0 Å². The molecule has 0 radical (unpaired) electrons. The smallest absolute Gasteiger partial charge is 0.119 e. The van der Waals surface area contributed by atoms with E-state index in [9.17, 15) is 5.11 Å². The van der Waals surface area contributed by atoms with E-state index in [0.717, 1.165) is 17.7 Å². The van der Waals surface area contributed by atoms with Gasteiger partial charge in [-0.2, -0.15) is 0 Å². The Balaban J connectivity index is 2.43. The van der Waals surface area contributed by atoms with Gasteiger partial charge in [0.25, 0.3) is 0 Å². The second-order valence-electron chi connectivity index (χ2n) is 3.44. The van der Waals surface area contributed by atoms with E-state index in [0.29, 0.717) is 13.2 Å². The lowest BCUT2D eigenvalue weighted by Crippen LogP contribution is -2.01. The number of rotatable bonds is 6. The first-order valence-electron chi connectivity index (χ1n) is 5.14. The van der Waals surface area contributed by atoms with Crippen LogP contribution in [0.1, 0.15) is 25.0 Å². The Morgan fingerprint density at radius 3 is 2.80 bits per heavy atom. The van der Waals surface area contributed by atoms with Crippen LogP contribution in [0.25, 0.3) is 0 Å². The third-order valence-corrected chi connectivity index (χ3v) is 2.10. The van der Waals surface area contributed by atoms with Crippen molar-refractivity contribution in [1.82, 2.24) is 0 Å². The zero-order valence-electron chi connectivity index (χ0n) is 9.27. The number of ether oxygens (including phenoxy) is 2. The lowest BCUT2D eigenvalue weighted by Gasteiger charge is -2.09. The van der Waals surface area contributed by atoms with Gasteiger partial charge < -0.3 is 14.6 Å². The number of benzene rings is 1. The van der Waals surface area contributed by atoms with Crippen molar-refractivity contribution >= 4 is 0 Å². The lowest BCUT2D eigenvalue weighted by atomic mass is 10.1. The van der Waals surface area contributed by atoms with E-state index < -0.39 is 6.10 Å². The summed E-state index contributed by atoms with van der Waals surface area (Å²) in [7, 11) is 1.67. The highest BCUT2D eigenvalue weighted by atomic mass is 16.5. The van der Waals surface area contributed by atoms with Crippen molar-refractivity contribution in [1.29, 1.82) is 0 Å². The van der Waals surface area contributed by atoms with Gasteiger partial charge in [0.2, 0.25) is 0 Å². The first kappa shape index (κ1) is 12.0. The molecule has 1 rings (SSSR count). The molecule has 0 amide bonds. The molecule has 0 aliphatic carbocycles. The molecule has 1 N–H and O–H groups in total. The minimum Gasteiger partial charge on any atom is -0.493 e. The topological polar surface area (TPSA) is 38.7 Å². The van der Waals surface area contributed by atoms with Gasteiger partial charge in [-0.3, -0.25) is 0 Å². The lowest BCUT2D eigenvalue weighted by molar-refractivity contribution is 0.171. The fraction of sp³-hybridized carbons (Fsp3) is 0.500. The molecule has 0 aliphatic heterocycles. The summed E-state index contributed by atoms with van der Waals surface area (Å²) in [6, 6.07) is 7.51. The van der Waals surface area contributed by atoms with Crippen molar-refractivity contribution in [3.63, 3.8) is 0 Å². The van der Waals surface area contributed by atoms with E-state index >= 15 is 0 Å². The summed E-state index contributed by atoms with van der Waals surface area (Å²) in [5, 5.41) is 9.38. The van der Waals surface area contributed by atoms with Gasteiger partial charge >= 0.3 is 0 Å². The molecule has 0 bridgehead atoms. The molecule has 15 heavy (non-hydrogen) atoms. The Bertz CT molecular complexity index is 284. The minimum absolute atomic E-state index is 0.451. The number of methoxy groups -OCH3 is 1. The second kappa shape index (κ2) is 6.43. The van der Waals surface area contributed by atoms with Gasteiger partial charge in [0.1, 0.15) is 5.75 Å². The molecule has 0 fully saturated rings. The van der Waals surface area contributed by atoms with Gasteiger partial charge in [-0.25, -0.2) is 0 Å². The molecular weight excluding hydrogens is 192 g/mol. The first-order valence-corrected chi connectivity index (χ1v) is 5.14. The summed E-state index contributed by atoms with van der Waals surface area (Å²) in [6.45, 7) is 3.08. The number of hydrogen-bond acceptors (Lipinski definition) is 3. The zero-order chi connectivity index (χ0) is 11.1. The van der Waals surface area contributed by atoms with E-state index in [1.807, 2.05) is 24.3 Å². The van der Waals surface area contributed by atoms with Gasteiger partial charge in [0.05, 0.1) is 12.7 Å². The third kappa shape index (κ3) is 4.32. The molecule has 0 unspecified atom stereocenters. The molecule has 1 aromatic carbocycles. The van der Waals surface area contributed by atoms with Crippen LogP contribution < -0.4 is 4.74 Å². The Hall–Kier alpha value is -1.06. The van der Waals surface area contributed by atoms with Crippen LogP contribution in [0.3, 0.4) is 0 Å². The molecule has 0 saturated carbocycles. The van der Waals surface area contributed by atoms with Crippen molar-refractivity contribution < 1.29 is 14.6 Å². The molecule has 0 saturated heterocycles. The Morgan fingerprint density at radius 1 is 1.33 bits per heavy atom. The molecule has 3 heteroatoms. The SMILES string of the molecule is COCCCOc1cccc([C@H](C)O)c1. The minimum atomic E-state index is -0.451. The third-order valence-electron chi connectivity index (χ3n) is 2.10. The van der Waals surface area contributed by atoms with Crippen molar-refractivity contribution in [2.45, 2.75) is 19.4 Å². The van der Waals surface area contributed by atoms with Crippen LogP contribution in [0.15, 0.2) is 24.3 Å². The Labute approximate surface area is 90.6 Å². The largest absolute Gasteiger partial charge is 0.493 e. The van der Waals surface area contributed by atoms with E-state index in [-0.39, 0.29) is 0 Å². The molecule has 0 spiro atoms. The molecule has 0 heterocycles. The maximum atomic E-state index is 9.38. The summed E-state index contributed by atoms with van der Waals surface area (Å²) >= 11 is 0. The molecular formula is C12H18O3. The van der Waals surface area contributed by atoms with E-state index in [2.05, 4.69) is 0 Å². The van der Waals surface area contributed by atoms with Crippen molar-refractivity contribution in [2.75, 3.05) is 20.3 Å². The Morgan fingerprint density at radius 2 is 2.13 bits per heavy atom. The monoisotopic (exact) mass is 210 g/mol. The van der Waals surface area contributed by atoms with E-state index in [1.165, 1.54) is 0 Å². The summed E-state index contributed by atoms with van der Waals surface area (Å²) in [6.07, 6.45) is 0.419. The summed E-state index contributed by atoms with van der Waals surface area (Å²) in [5.74, 6) is 0.796. The maximum Gasteiger partial charge on any atom is 0.119 e. The average molecular weight is 210 g/mol. The predicted octanol–water partition coefficient (Wildman–Crippen LogP) is 2.16. The number of hydrogen-bond donors (Lipinski definition) is 1. The highest BCUT2D eigenvalue weighted by Gasteiger charge is 2.01. The summed E-state index contributed by atoms with van der Waals surface area (Å²) in [4.78, 5) is 0. The van der Waals surface area contributed by atoms with Crippen molar-refractivity contribution in [3.05, 3.63) is 29.8 Å². The highest BCUT2D eigenvalue weighted by molar-refractivity contribution is 5.29. The Kier molecular flexibility index (Phi) is 5.15. The van der Waals surface area contributed by atoms with E-state index in [1.54, 1.807) is 14.0 Å². The van der Waals surface area contributed by atoms with Crippen LogP contribution in [-0.2, 0) is 4.74 Å². The van der Waals surface area contributed by atoms with Gasteiger partial charge in [-0.05, 0) is 24.6 Å². The van der Waals surface area contributed by atoms with Crippen LogP contribution in [-0.4, -0.2) is 25.4 Å². The molecule has 0 aromatic heterocycles. The zero-order valence-corrected chi connectivity index (χ0v) is 9.27. The standard InChI is InChI=1S/C12H18O3/c1-10(13)11-5-3-6-12(9-11)15-8-4-7-14-2/h3,5-6,9-10,13H,4,7-8H2,1-2H3/t10-/m0/s1. The molecule has 3 nitrogen and oxygen atoms in total. The average Bonchev–Trinajstić information content (AvgIpc) is 2.25. The van der Waals surface area contributed by atoms with Crippen LogP contribution in [0, 0.1) is 0 Å².